The number of benzene rings is 1. The van der Waals surface area contributed by atoms with Crippen LogP contribution in [-0.2, 0) is 4.74 Å². The van der Waals surface area contributed by atoms with Crippen molar-refractivity contribution < 1.29 is 19.3 Å². The lowest BCUT2D eigenvalue weighted by Crippen LogP contribution is -2.42. The predicted octanol–water partition coefficient (Wildman–Crippen LogP) is 1.85. The van der Waals surface area contributed by atoms with Gasteiger partial charge in [-0.1, -0.05) is 6.07 Å². The van der Waals surface area contributed by atoms with E-state index in [-0.39, 0.29) is 6.10 Å². The molecule has 2 unspecified atom stereocenters. The molecule has 1 aliphatic rings. The molecule has 0 radical (unpaired) electrons. The molecule has 1 aliphatic heterocycles. The van der Waals surface area contributed by atoms with Crippen molar-refractivity contribution in [3.05, 3.63) is 23.8 Å². The Balaban J connectivity index is 2.16. The topological polar surface area (TPSA) is 51.2 Å². The standard InChI is InChI=1S/C16H25NO4/c1-4-19-13-7-6-12(10-14(13)20-5-2)16(18)15-11-17(3)8-9-21-15/h6-7,10,15-16,18H,4-5,8-9,11H2,1-3H3. The minimum Gasteiger partial charge on any atom is -0.490 e. The molecule has 0 aliphatic carbocycles. The van der Waals surface area contributed by atoms with Gasteiger partial charge in [0.25, 0.3) is 0 Å². The molecule has 0 bridgehead atoms. The summed E-state index contributed by atoms with van der Waals surface area (Å²) in [6, 6.07) is 5.56. The smallest absolute Gasteiger partial charge is 0.161 e. The minimum atomic E-state index is -0.664. The fourth-order valence-corrected chi connectivity index (χ4v) is 2.47. The number of nitrogens with zero attached hydrogens (tertiary/aromatic N) is 1. The lowest BCUT2D eigenvalue weighted by molar-refractivity contribution is -0.0845. The maximum atomic E-state index is 10.5. The first kappa shape index (κ1) is 16.1. The Morgan fingerprint density at radius 3 is 2.67 bits per heavy atom. The van der Waals surface area contributed by atoms with Gasteiger partial charge in [-0.2, -0.15) is 0 Å². The van der Waals surface area contributed by atoms with E-state index >= 15 is 0 Å². The van der Waals surface area contributed by atoms with Crippen molar-refractivity contribution in [2.75, 3.05) is 40.0 Å². The second-order valence-corrected chi connectivity index (χ2v) is 5.19. The van der Waals surface area contributed by atoms with Crippen LogP contribution in [0.25, 0.3) is 0 Å². The quantitative estimate of drug-likeness (QED) is 0.868. The normalized spacial score (nSPS) is 21.0. The van der Waals surface area contributed by atoms with Crippen molar-refractivity contribution in [1.29, 1.82) is 0 Å². The highest BCUT2D eigenvalue weighted by Crippen LogP contribution is 2.32. The van der Waals surface area contributed by atoms with Crippen LogP contribution >= 0.6 is 0 Å². The number of aliphatic hydroxyl groups excluding tert-OH is 1. The molecule has 1 N–H and O–H groups in total. The summed E-state index contributed by atoms with van der Waals surface area (Å²) in [5.74, 6) is 1.37. The van der Waals surface area contributed by atoms with Crippen LogP contribution < -0.4 is 9.47 Å². The van der Waals surface area contributed by atoms with Crippen LogP contribution in [0.2, 0.25) is 0 Å². The summed E-state index contributed by atoms with van der Waals surface area (Å²) in [5.41, 5.74) is 0.794. The molecule has 1 heterocycles. The second-order valence-electron chi connectivity index (χ2n) is 5.19. The van der Waals surface area contributed by atoms with E-state index in [0.29, 0.717) is 31.3 Å². The van der Waals surface area contributed by atoms with Gasteiger partial charge in [-0.15, -0.1) is 0 Å². The van der Waals surface area contributed by atoms with E-state index in [1.807, 2.05) is 39.1 Å². The molecular formula is C16H25NO4. The zero-order valence-electron chi connectivity index (χ0n) is 13.0. The molecule has 0 spiro atoms. The predicted molar refractivity (Wildman–Crippen MR) is 81.0 cm³/mol. The lowest BCUT2D eigenvalue weighted by Gasteiger charge is -2.33. The Bertz CT molecular complexity index is 452. The molecule has 0 amide bonds. The first-order chi connectivity index (χ1) is 10.2. The van der Waals surface area contributed by atoms with Crippen LogP contribution in [0.3, 0.4) is 0 Å². The van der Waals surface area contributed by atoms with Gasteiger partial charge >= 0.3 is 0 Å². The van der Waals surface area contributed by atoms with E-state index in [4.69, 9.17) is 14.2 Å². The third kappa shape index (κ3) is 4.09. The number of hydrogen-bond donors (Lipinski definition) is 1. The first-order valence-electron chi connectivity index (χ1n) is 7.53. The minimum absolute atomic E-state index is 0.212. The van der Waals surface area contributed by atoms with Gasteiger partial charge in [0.1, 0.15) is 12.2 Å². The Morgan fingerprint density at radius 1 is 1.29 bits per heavy atom. The maximum absolute atomic E-state index is 10.5. The summed E-state index contributed by atoms with van der Waals surface area (Å²) < 4.78 is 16.8. The Labute approximate surface area is 126 Å². The van der Waals surface area contributed by atoms with Gasteiger partial charge in [0, 0.05) is 13.1 Å². The molecule has 1 aromatic carbocycles. The van der Waals surface area contributed by atoms with Crippen molar-refractivity contribution in [3.8, 4) is 11.5 Å². The van der Waals surface area contributed by atoms with Gasteiger partial charge in [0.2, 0.25) is 0 Å². The van der Waals surface area contributed by atoms with Gasteiger partial charge in [-0.25, -0.2) is 0 Å². The summed E-state index contributed by atoms with van der Waals surface area (Å²) in [6.07, 6.45) is -0.876. The molecule has 2 atom stereocenters. The average molecular weight is 295 g/mol. The lowest BCUT2D eigenvalue weighted by atomic mass is 10.0. The van der Waals surface area contributed by atoms with Crippen molar-refractivity contribution in [3.63, 3.8) is 0 Å². The third-order valence-corrected chi connectivity index (χ3v) is 3.56. The van der Waals surface area contributed by atoms with Gasteiger partial charge in [0.15, 0.2) is 11.5 Å². The Hall–Kier alpha value is -1.30. The van der Waals surface area contributed by atoms with Gasteiger partial charge < -0.3 is 24.2 Å². The van der Waals surface area contributed by atoms with Crippen molar-refractivity contribution in [2.45, 2.75) is 26.1 Å². The molecule has 0 aromatic heterocycles. The molecule has 1 aromatic rings. The fraction of sp³-hybridized carbons (Fsp3) is 0.625. The third-order valence-electron chi connectivity index (χ3n) is 3.56. The van der Waals surface area contributed by atoms with Crippen LogP contribution in [0, 0.1) is 0 Å². The molecule has 118 valence electrons. The maximum Gasteiger partial charge on any atom is 0.161 e. The SMILES string of the molecule is CCOc1ccc(C(O)C2CN(C)CCO2)cc1OCC. The number of hydrogen-bond acceptors (Lipinski definition) is 5. The number of aliphatic hydroxyl groups is 1. The largest absolute Gasteiger partial charge is 0.490 e. The summed E-state index contributed by atoms with van der Waals surface area (Å²) in [7, 11) is 2.03. The van der Waals surface area contributed by atoms with Crippen molar-refractivity contribution >= 4 is 0 Å². The number of rotatable bonds is 6. The molecule has 21 heavy (non-hydrogen) atoms. The molecule has 2 rings (SSSR count). The van der Waals surface area contributed by atoms with E-state index in [0.717, 1.165) is 18.7 Å². The van der Waals surface area contributed by atoms with Crippen molar-refractivity contribution in [2.24, 2.45) is 0 Å². The van der Waals surface area contributed by atoms with Gasteiger partial charge in [0.05, 0.1) is 19.8 Å². The summed E-state index contributed by atoms with van der Waals surface area (Å²) in [4.78, 5) is 2.16. The van der Waals surface area contributed by atoms with Crippen LogP contribution in [0.1, 0.15) is 25.5 Å². The Kier molecular flexibility index (Phi) is 5.85. The van der Waals surface area contributed by atoms with E-state index in [1.54, 1.807) is 0 Å². The van der Waals surface area contributed by atoms with E-state index in [2.05, 4.69) is 4.90 Å². The zero-order chi connectivity index (χ0) is 15.2. The van der Waals surface area contributed by atoms with E-state index < -0.39 is 6.10 Å². The molecular weight excluding hydrogens is 270 g/mol. The first-order valence-corrected chi connectivity index (χ1v) is 7.53. The summed E-state index contributed by atoms with van der Waals surface area (Å²) in [6.45, 7) is 7.27. The van der Waals surface area contributed by atoms with Crippen molar-refractivity contribution in [1.82, 2.24) is 4.90 Å². The van der Waals surface area contributed by atoms with Crippen LogP contribution in [0.15, 0.2) is 18.2 Å². The number of likely N-dealkylation sites (N-methyl/N-ethyl adjacent to an activating group) is 1. The molecule has 5 heteroatoms. The second kappa shape index (κ2) is 7.64. The average Bonchev–Trinajstić information content (AvgIpc) is 2.49. The monoisotopic (exact) mass is 295 g/mol. The highest BCUT2D eigenvalue weighted by atomic mass is 16.5. The highest BCUT2D eigenvalue weighted by molar-refractivity contribution is 5.43. The van der Waals surface area contributed by atoms with Gasteiger partial charge in [-0.05, 0) is 38.6 Å². The molecule has 1 fully saturated rings. The Morgan fingerprint density at radius 2 is 2.00 bits per heavy atom. The van der Waals surface area contributed by atoms with E-state index in [1.165, 1.54) is 0 Å². The number of morpholine rings is 1. The zero-order valence-corrected chi connectivity index (χ0v) is 13.0. The van der Waals surface area contributed by atoms with Crippen LogP contribution in [0.4, 0.5) is 0 Å². The summed E-state index contributed by atoms with van der Waals surface area (Å²) >= 11 is 0. The van der Waals surface area contributed by atoms with E-state index in [9.17, 15) is 5.11 Å². The fourth-order valence-electron chi connectivity index (χ4n) is 2.47. The number of ether oxygens (including phenoxy) is 3. The van der Waals surface area contributed by atoms with Gasteiger partial charge in [-0.3, -0.25) is 0 Å². The molecule has 0 saturated carbocycles. The van der Waals surface area contributed by atoms with Crippen LogP contribution in [0.5, 0.6) is 11.5 Å². The molecule has 1 saturated heterocycles. The molecule has 5 nitrogen and oxygen atoms in total. The highest BCUT2D eigenvalue weighted by Gasteiger charge is 2.27. The summed E-state index contributed by atoms with van der Waals surface area (Å²) in [5, 5.41) is 10.5. The van der Waals surface area contributed by atoms with Crippen LogP contribution in [-0.4, -0.2) is 56.1 Å².